The summed E-state index contributed by atoms with van der Waals surface area (Å²) in [6, 6.07) is 5.79. The number of halogens is 1. The molecule has 1 amide bonds. The summed E-state index contributed by atoms with van der Waals surface area (Å²) in [5.74, 6) is 1.96. The van der Waals surface area contributed by atoms with Gasteiger partial charge in [0, 0.05) is 12.1 Å². The van der Waals surface area contributed by atoms with Crippen LogP contribution in [0.15, 0.2) is 24.3 Å². The molecule has 0 radical (unpaired) electrons. The summed E-state index contributed by atoms with van der Waals surface area (Å²) in [4.78, 5) is 12.3. The molecule has 2 bridgehead atoms. The summed E-state index contributed by atoms with van der Waals surface area (Å²) in [6.45, 7) is 5.45. The molecule has 0 heterocycles. The van der Waals surface area contributed by atoms with Crippen molar-refractivity contribution >= 4 is 5.91 Å². The summed E-state index contributed by atoms with van der Waals surface area (Å²) in [5.41, 5.74) is 0.817. The van der Waals surface area contributed by atoms with E-state index in [4.69, 9.17) is 0 Å². The number of carbonyl (C=O) groups excluding carboxylic acids is 1. The molecule has 1 aromatic rings. The van der Waals surface area contributed by atoms with Crippen LogP contribution in [0, 0.1) is 29.0 Å². The first-order valence-corrected chi connectivity index (χ1v) is 8.49. The van der Waals surface area contributed by atoms with Gasteiger partial charge < -0.3 is 5.32 Å². The molecule has 2 atom stereocenters. The Morgan fingerprint density at radius 3 is 2.32 bits per heavy atom. The van der Waals surface area contributed by atoms with E-state index in [0.29, 0.717) is 5.56 Å². The van der Waals surface area contributed by atoms with E-state index in [2.05, 4.69) is 19.2 Å². The second kappa shape index (κ2) is 6.02. The van der Waals surface area contributed by atoms with Gasteiger partial charge in [-0.1, -0.05) is 13.8 Å². The zero-order valence-corrected chi connectivity index (χ0v) is 13.6. The lowest BCUT2D eigenvalue weighted by molar-refractivity contribution is 0.0184. The van der Waals surface area contributed by atoms with Gasteiger partial charge >= 0.3 is 0 Å². The van der Waals surface area contributed by atoms with Crippen LogP contribution >= 0.6 is 0 Å². The van der Waals surface area contributed by atoms with E-state index in [9.17, 15) is 9.18 Å². The normalized spacial score (nSPS) is 34.2. The number of rotatable bonds is 3. The molecule has 3 rings (SSSR count). The van der Waals surface area contributed by atoms with Crippen molar-refractivity contribution in [3.05, 3.63) is 35.6 Å². The Kier molecular flexibility index (Phi) is 4.24. The maximum atomic E-state index is 12.9. The molecular weight excluding hydrogens is 277 g/mol. The minimum absolute atomic E-state index is 0.0811. The molecule has 22 heavy (non-hydrogen) atoms. The van der Waals surface area contributed by atoms with Crippen LogP contribution in [0.2, 0.25) is 0 Å². The third-order valence-corrected chi connectivity index (χ3v) is 5.49. The van der Waals surface area contributed by atoms with Crippen LogP contribution in [-0.4, -0.2) is 12.5 Å². The van der Waals surface area contributed by atoms with Crippen LogP contribution in [0.4, 0.5) is 4.39 Å². The summed E-state index contributed by atoms with van der Waals surface area (Å²) in [6.07, 6.45) is 6.39. The molecule has 1 N–H and O–H groups in total. The summed E-state index contributed by atoms with van der Waals surface area (Å²) in [7, 11) is 0. The predicted molar refractivity (Wildman–Crippen MR) is 86.1 cm³/mol. The average molecular weight is 303 g/mol. The Hall–Kier alpha value is -1.38. The second-order valence-corrected chi connectivity index (χ2v) is 7.85. The zero-order valence-electron chi connectivity index (χ0n) is 13.6. The molecule has 0 spiro atoms. The van der Waals surface area contributed by atoms with Crippen molar-refractivity contribution in [1.82, 2.24) is 5.32 Å². The maximum Gasteiger partial charge on any atom is 0.251 e. The highest BCUT2D eigenvalue weighted by atomic mass is 19.1. The van der Waals surface area contributed by atoms with Crippen molar-refractivity contribution in [3.63, 3.8) is 0 Å². The number of carbonyl (C=O) groups is 1. The molecule has 0 aromatic heterocycles. The smallest absolute Gasteiger partial charge is 0.251 e. The molecule has 2 fully saturated rings. The van der Waals surface area contributed by atoms with Crippen LogP contribution in [0.1, 0.15) is 56.3 Å². The number of amides is 1. The SMILES string of the molecule is CC1CC2CC(C)CC(CNC(=O)c3ccc(F)cc3)(C1)C2. The van der Waals surface area contributed by atoms with Gasteiger partial charge in [0.25, 0.3) is 5.91 Å². The Morgan fingerprint density at radius 2 is 1.73 bits per heavy atom. The molecule has 2 saturated carbocycles. The first kappa shape index (κ1) is 15.5. The van der Waals surface area contributed by atoms with Gasteiger partial charge in [0.05, 0.1) is 0 Å². The van der Waals surface area contributed by atoms with Gasteiger partial charge in [-0.15, -0.1) is 0 Å². The van der Waals surface area contributed by atoms with Crippen molar-refractivity contribution < 1.29 is 9.18 Å². The fourth-order valence-corrected chi connectivity index (χ4v) is 5.10. The Morgan fingerprint density at radius 1 is 1.14 bits per heavy atom. The zero-order chi connectivity index (χ0) is 15.7. The number of nitrogens with one attached hydrogen (secondary N) is 1. The minimum atomic E-state index is -0.305. The third-order valence-electron chi connectivity index (χ3n) is 5.49. The van der Waals surface area contributed by atoms with Crippen LogP contribution in [0.25, 0.3) is 0 Å². The number of hydrogen-bond donors (Lipinski definition) is 1. The van der Waals surface area contributed by atoms with E-state index in [1.54, 1.807) is 12.1 Å². The van der Waals surface area contributed by atoms with Crippen LogP contribution in [0.3, 0.4) is 0 Å². The topological polar surface area (TPSA) is 29.1 Å². The van der Waals surface area contributed by atoms with Gasteiger partial charge in [0.1, 0.15) is 5.82 Å². The van der Waals surface area contributed by atoms with Gasteiger partial charge in [-0.2, -0.15) is 0 Å². The van der Waals surface area contributed by atoms with Gasteiger partial charge in [0.15, 0.2) is 0 Å². The fraction of sp³-hybridized carbons (Fsp3) is 0.632. The molecular formula is C19H26FNO. The lowest BCUT2D eigenvalue weighted by Crippen LogP contribution is -2.46. The molecule has 0 aliphatic heterocycles. The second-order valence-electron chi connectivity index (χ2n) is 7.85. The van der Waals surface area contributed by atoms with E-state index < -0.39 is 0 Å². The molecule has 3 heteroatoms. The highest BCUT2D eigenvalue weighted by Gasteiger charge is 2.44. The van der Waals surface area contributed by atoms with Crippen molar-refractivity contribution in [2.75, 3.05) is 6.54 Å². The lowest BCUT2D eigenvalue weighted by atomic mass is 9.57. The summed E-state index contributed by atoms with van der Waals surface area (Å²) < 4.78 is 12.9. The minimum Gasteiger partial charge on any atom is -0.351 e. The van der Waals surface area contributed by atoms with E-state index >= 15 is 0 Å². The number of hydrogen-bond acceptors (Lipinski definition) is 1. The van der Waals surface area contributed by atoms with Crippen LogP contribution in [-0.2, 0) is 0 Å². The van der Waals surface area contributed by atoms with E-state index in [0.717, 1.165) is 24.3 Å². The van der Waals surface area contributed by atoms with Gasteiger partial charge in [-0.05, 0) is 79.5 Å². The molecule has 2 aliphatic carbocycles. The Balaban J connectivity index is 1.66. The largest absolute Gasteiger partial charge is 0.351 e. The van der Waals surface area contributed by atoms with Crippen molar-refractivity contribution in [1.29, 1.82) is 0 Å². The Labute approximate surface area is 132 Å². The number of fused-ring (bicyclic) bond motifs is 2. The van der Waals surface area contributed by atoms with Crippen LogP contribution in [0.5, 0.6) is 0 Å². The molecule has 120 valence electrons. The summed E-state index contributed by atoms with van der Waals surface area (Å²) >= 11 is 0. The standard InChI is InChI=1S/C19H26FNO/c1-13-7-15-8-14(2)10-19(9-13,11-15)12-21-18(22)16-3-5-17(20)6-4-16/h3-6,13-15H,7-12H2,1-2H3,(H,21,22). The fourth-order valence-electron chi connectivity index (χ4n) is 5.10. The Bertz CT molecular complexity index is 519. The average Bonchev–Trinajstić information content (AvgIpc) is 2.44. The number of benzene rings is 1. The van der Waals surface area contributed by atoms with Crippen molar-refractivity contribution in [3.8, 4) is 0 Å². The highest BCUT2D eigenvalue weighted by molar-refractivity contribution is 5.94. The molecule has 2 nitrogen and oxygen atoms in total. The van der Waals surface area contributed by atoms with E-state index in [1.165, 1.54) is 44.2 Å². The van der Waals surface area contributed by atoms with E-state index in [-0.39, 0.29) is 17.1 Å². The predicted octanol–water partition coefficient (Wildman–Crippen LogP) is 4.41. The van der Waals surface area contributed by atoms with Crippen LogP contribution < -0.4 is 5.32 Å². The molecule has 2 aliphatic rings. The van der Waals surface area contributed by atoms with Crippen molar-refractivity contribution in [2.24, 2.45) is 23.2 Å². The quantitative estimate of drug-likeness (QED) is 0.880. The molecule has 0 saturated heterocycles. The summed E-state index contributed by atoms with van der Waals surface area (Å²) in [5, 5.41) is 3.11. The first-order chi connectivity index (χ1) is 10.5. The third kappa shape index (κ3) is 3.34. The monoisotopic (exact) mass is 303 g/mol. The molecule has 1 aromatic carbocycles. The first-order valence-electron chi connectivity index (χ1n) is 8.49. The molecule has 2 unspecified atom stereocenters. The van der Waals surface area contributed by atoms with Crippen molar-refractivity contribution in [2.45, 2.75) is 46.0 Å². The highest BCUT2D eigenvalue weighted by Crippen LogP contribution is 2.52. The lowest BCUT2D eigenvalue weighted by Gasteiger charge is -2.50. The van der Waals surface area contributed by atoms with E-state index in [1.807, 2.05) is 0 Å². The van der Waals surface area contributed by atoms with Gasteiger partial charge in [-0.3, -0.25) is 4.79 Å². The maximum absolute atomic E-state index is 12.9. The van der Waals surface area contributed by atoms with Gasteiger partial charge in [-0.25, -0.2) is 4.39 Å². The van der Waals surface area contributed by atoms with Gasteiger partial charge in [0.2, 0.25) is 0 Å².